The van der Waals surface area contributed by atoms with Crippen LogP contribution in [0.4, 0.5) is 0 Å². The maximum absolute atomic E-state index is 10.7. The molecule has 0 spiro atoms. The van der Waals surface area contributed by atoms with Crippen LogP contribution in [-0.2, 0) is 14.3 Å². The molecule has 4 nitrogen and oxygen atoms in total. The van der Waals surface area contributed by atoms with E-state index in [2.05, 4.69) is 4.18 Å². The highest BCUT2D eigenvalue weighted by Gasteiger charge is 2.10. The second kappa shape index (κ2) is 4.43. The molecule has 1 unspecified atom stereocenters. The van der Waals surface area contributed by atoms with E-state index in [4.69, 9.17) is 4.74 Å². The summed E-state index contributed by atoms with van der Waals surface area (Å²) in [4.78, 5) is 0. The highest BCUT2D eigenvalue weighted by atomic mass is 32.2. The van der Waals surface area contributed by atoms with E-state index in [1.165, 1.54) is 6.92 Å². The molecule has 0 amide bonds. The molecule has 14 heavy (non-hydrogen) atoms. The van der Waals surface area contributed by atoms with Crippen LogP contribution in [0.3, 0.4) is 0 Å². The van der Waals surface area contributed by atoms with Gasteiger partial charge in [-0.2, -0.15) is 8.42 Å². The van der Waals surface area contributed by atoms with Gasteiger partial charge in [-0.15, -0.1) is 0 Å². The van der Waals surface area contributed by atoms with Gasteiger partial charge in [-0.25, -0.2) is 4.18 Å². The first kappa shape index (κ1) is 11.0. The Labute approximate surface area is 83.6 Å². The Morgan fingerprint density at radius 3 is 2.29 bits per heavy atom. The quantitative estimate of drug-likeness (QED) is 0.563. The minimum atomic E-state index is -3.47. The molecule has 0 aliphatic rings. The molecule has 1 aromatic carbocycles. The minimum absolute atomic E-state index is 0.573. The Kier molecular flexibility index (Phi) is 3.49. The largest absolute Gasteiger partial charge is 0.464 e. The van der Waals surface area contributed by atoms with Crippen molar-refractivity contribution in [3.05, 3.63) is 30.3 Å². The second-order valence-electron chi connectivity index (χ2n) is 2.80. The number of para-hydroxylation sites is 1. The van der Waals surface area contributed by atoms with Crippen LogP contribution >= 0.6 is 0 Å². The highest BCUT2D eigenvalue weighted by Crippen LogP contribution is 2.11. The third-order valence-electron chi connectivity index (χ3n) is 1.36. The summed E-state index contributed by atoms with van der Waals surface area (Å²) >= 11 is 0. The normalized spacial score (nSPS) is 13.6. The van der Waals surface area contributed by atoms with Crippen molar-refractivity contribution in [1.82, 2.24) is 0 Å². The SMILES string of the molecule is CC(Oc1ccccc1)OS(C)(=O)=O. The molecular weight excluding hydrogens is 204 g/mol. The predicted molar refractivity (Wildman–Crippen MR) is 52.5 cm³/mol. The maximum Gasteiger partial charge on any atom is 0.267 e. The first-order valence-electron chi connectivity index (χ1n) is 4.07. The molecule has 1 rings (SSSR count). The monoisotopic (exact) mass is 216 g/mol. The Balaban J connectivity index is 2.54. The highest BCUT2D eigenvalue weighted by molar-refractivity contribution is 7.86. The summed E-state index contributed by atoms with van der Waals surface area (Å²) in [5, 5.41) is 0. The molecule has 0 radical (unpaired) electrons. The first-order valence-corrected chi connectivity index (χ1v) is 5.89. The van der Waals surface area contributed by atoms with Crippen LogP contribution in [0.25, 0.3) is 0 Å². The average molecular weight is 216 g/mol. The lowest BCUT2D eigenvalue weighted by atomic mass is 10.3. The van der Waals surface area contributed by atoms with E-state index >= 15 is 0 Å². The fourth-order valence-electron chi connectivity index (χ4n) is 0.956. The van der Waals surface area contributed by atoms with Crippen LogP contribution < -0.4 is 4.74 Å². The lowest BCUT2D eigenvalue weighted by molar-refractivity contribution is 0.0291. The molecule has 0 fully saturated rings. The van der Waals surface area contributed by atoms with Gasteiger partial charge in [0.15, 0.2) is 0 Å². The molecule has 0 heterocycles. The predicted octanol–water partition coefficient (Wildman–Crippen LogP) is 1.39. The lowest BCUT2D eigenvalue weighted by Crippen LogP contribution is -2.20. The summed E-state index contributed by atoms with van der Waals surface area (Å²) in [5.74, 6) is 0.573. The van der Waals surface area contributed by atoms with Crippen LogP contribution in [-0.4, -0.2) is 21.0 Å². The zero-order chi connectivity index (χ0) is 10.6. The van der Waals surface area contributed by atoms with Gasteiger partial charge in [-0.05, 0) is 19.1 Å². The molecule has 1 atom stereocenters. The molecule has 0 aliphatic heterocycles. The number of ether oxygens (including phenoxy) is 1. The molecular formula is C9H12O4S. The Bertz CT molecular complexity index is 371. The summed E-state index contributed by atoms with van der Waals surface area (Å²) in [7, 11) is -3.47. The van der Waals surface area contributed by atoms with Crippen molar-refractivity contribution in [3.8, 4) is 5.75 Å². The van der Waals surface area contributed by atoms with Gasteiger partial charge in [0.1, 0.15) is 5.75 Å². The third-order valence-corrected chi connectivity index (χ3v) is 1.98. The van der Waals surface area contributed by atoms with Gasteiger partial charge < -0.3 is 4.74 Å². The summed E-state index contributed by atoms with van der Waals surface area (Å²) < 4.78 is 31.2. The van der Waals surface area contributed by atoms with Gasteiger partial charge >= 0.3 is 0 Å². The van der Waals surface area contributed by atoms with Gasteiger partial charge in [-0.3, -0.25) is 0 Å². The van der Waals surface area contributed by atoms with E-state index in [1.807, 2.05) is 6.07 Å². The van der Waals surface area contributed by atoms with Crippen LogP contribution in [0.1, 0.15) is 6.92 Å². The molecule has 5 heteroatoms. The lowest BCUT2D eigenvalue weighted by Gasteiger charge is -2.13. The average Bonchev–Trinajstić information content (AvgIpc) is 2.02. The fraction of sp³-hybridized carbons (Fsp3) is 0.333. The zero-order valence-electron chi connectivity index (χ0n) is 8.01. The number of rotatable bonds is 4. The van der Waals surface area contributed by atoms with Gasteiger partial charge in [0, 0.05) is 0 Å². The van der Waals surface area contributed by atoms with Crippen molar-refractivity contribution in [2.24, 2.45) is 0 Å². The van der Waals surface area contributed by atoms with Crippen molar-refractivity contribution in [2.75, 3.05) is 6.26 Å². The molecule has 0 bridgehead atoms. The van der Waals surface area contributed by atoms with Crippen LogP contribution in [0, 0.1) is 0 Å². The molecule has 0 aliphatic carbocycles. The number of benzene rings is 1. The molecule has 78 valence electrons. The van der Waals surface area contributed by atoms with Crippen LogP contribution in [0.5, 0.6) is 5.75 Å². The topological polar surface area (TPSA) is 52.6 Å². The van der Waals surface area contributed by atoms with E-state index in [-0.39, 0.29) is 0 Å². The molecule has 0 aromatic heterocycles. The van der Waals surface area contributed by atoms with Gasteiger partial charge in [-0.1, -0.05) is 18.2 Å². The van der Waals surface area contributed by atoms with Crippen molar-refractivity contribution in [1.29, 1.82) is 0 Å². The van der Waals surface area contributed by atoms with E-state index < -0.39 is 16.4 Å². The van der Waals surface area contributed by atoms with E-state index in [0.29, 0.717) is 5.75 Å². The van der Waals surface area contributed by atoms with Crippen molar-refractivity contribution in [3.63, 3.8) is 0 Å². The summed E-state index contributed by atoms with van der Waals surface area (Å²) in [6.07, 6.45) is 0.171. The molecule has 0 N–H and O–H groups in total. The third kappa shape index (κ3) is 4.25. The standard InChI is InChI=1S/C9H12O4S/c1-8(13-14(2,10)11)12-9-6-4-3-5-7-9/h3-8H,1-2H3. The zero-order valence-corrected chi connectivity index (χ0v) is 8.82. The second-order valence-corrected chi connectivity index (χ2v) is 4.40. The van der Waals surface area contributed by atoms with Crippen LogP contribution in [0.15, 0.2) is 30.3 Å². The number of hydrogen-bond acceptors (Lipinski definition) is 4. The minimum Gasteiger partial charge on any atom is -0.464 e. The van der Waals surface area contributed by atoms with Crippen molar-refractivity contribution in [2.45, 2.75) is 13.2 Å². The molecule has 0 saturated carbocycles. The summed E-state index contributed by atoms with van der Waals surface area (Å²) in [5.41, 5.74) is 0. The van der Waals surface area contributed by atoms with E-state index in [0.717, 1.165) is 6.26 Å². The maximum atomic E-state index is 10.7. The van der Waals surface area contributed by atoms with E-state index in [1.54, 1.807) is 24.3 Å². The van der Waals surface area contributed by atoms with Gasteiger partial charge in [0.2, 0.25) is 6.29 Å². The summed E-state index contributed by atoms with van der Waals surface area (Å²) in [6.45, 7) is 1.52. The Morgan fingerprint density at radius 1 is 1.21 bits per heavy atom. The smallest absolute Gasteiger partial charge is 0.267 e. The van der Waals surface area contributed by atoms with E-state index in [9.17, 15) is 8.42 Å². The fourth-order valence-corrected chi connectivity index (χ4v) is 1.49. The van der Waals surface area contributed by atoms with Crippen LogP contribution in [0.2, 0.25) is 0 Å². The van der Waals surface area contributed by atoms with Crippen molar-refractivity contribution >= 4 is 10.1 Å². The Hall–Kier alpha value is -1.07. The van der Waals surface area contributed by atoms with Crippen molar-refractivity contribution < 1.29 is 17.3 Å². The summed E-state index contributed by atoms with van der Waals surface area (Å²) in [6, 6.07) is 8.88. The molecule has 0 saturated heterocycles. The Morgan fingerprint density at radius 2 is 1.79 bits per heavy atom. The van der Waals surface area contributed by atoms with Gasteiger partial charge in [0.25, 0.3) is 10.1 Å². The van der Waals surface area contributed by atoms with Gasteiger partial charge in [0.05, 0.1) is 6.26 Å². The molecule has 1 aromatic rings. The first-order chi connectivity index (χ1) is 6.47. The number of hydrogen-bond donors (Lipinski definition) is 0.